The Bertz CT molecular complexity index is 979. The number of thioether (sulfide) groups is 1. The van der Waals surface area contributed by atoms with E-state index in [1.54, 1.807) is 16.4 Å². The smallest absolute Gasteiger partial charge is 0.191 e. The molecule has 0 radical (unpaired) electrons. The summed E-state index contributed by atoms with van der Waals surface area (Å²) in [6, 6.07) is 19.9. The van der Waals surface area contributed by atoms with Crippen LogP contribution in [0.3, 0.4) is 0 Å². The predicted molar refractivity (Wildman–Crippen MR) is 99.8 cm³/mol. The maximum Gasteiger partial charge on any atom is 0.191 e. The largest absolute Gasteiger partial charge is 0.302 e. The first-order valence-electron chi connectivity index (χ1n) is 8.31. The molecular weight excluding hydrogens is 346 g/mol. The molecule has 4 rings (SSSR count). The van der Waals surface area contributed by atoms with Crippen molar-refractivity contribution in [3.8, 4) is 17.1 Å². The third-order valence-electron chi connectivity index (χ3n) is 3.93. The van der Waals surface area contributed by atoms with Crippen molar-refractivity contribution in [2.45, 2.75) is 24.4 Å². The molecule has 0 amide bonds. The minimum absolute atomic E-state index is 0.606. The van der Waals surface area contributed by atoms with Crippen molar-refractivity contribution in [3.63, 3.8) is 0 Å². The molecule has 0 aliphatic rings. The second kappa shape index (κ2) is 7.49. The summed E-state index contributed by atoms with van der Waals surface area (Å²) >= 11 is 1.58. The first-order valence-corrected chi connectivity index (χ1v) is 9.29. The molecule has 0 saturated heterocycles. The van der Waals surface area contributed by atoms with Gasteiger partial charge in [0.15, 0.2) is 16.8 Å². The van der Waals surface area contributed by atoms with Crippen LogP contribution in [0, 0.1) is 0 Å². The second-order valence-corrected chi connectivity index (χ2v) is 6.49. The fourth-order valence-corrected chi connectivity index (χ4v) is 3.58. The number of rotatable bonds is 6. The molecule has 130 valence electrons. The van der Waals surface area contributed by atoms with Crippen LogP contribution in [-0.2, 0) is 12.3 Å². The summed E-state index contributed by atoms with van der Waals surface area (Å²) < 4.78 is 3.86. The van der Waals surface area contributed by atoms with E-state index in [2.05, 4.69) is 37.2 Å². The standard InChI is InChI=1S/C18H17N7S/c1-2-24-17(14-9-5-3-6-10-14)20-21-18(24)26-13-16-19-22-23-25(16)15-11-7-4-8-12-15/h3-12H,2,13H2,1H3. The number of para-hydroxylation sites is 1. The maximum atomic E-state index is 4.37. The maximum absolute atomic E-state index is 4.37. The van der Waals surface area contributed by atoms with E-state index in [0.717, 1.165) is 34.6 Å². The first kappa shape index (κ1) is 16.5. The van der Waals surface area contributed by atoms with Gasteiger partial charge in [-0.2, -0.15) is 4.68 Å². The Kier molecular flexibility index (Phi) is 4.74. The van der Waals surface area contributed by atoms with Crippen molar-refractivity contribution in [1.82, 2.24) is 35.0 Å². The Morgan fingerprint density at radius 2 is 1.62 bits per heavy atom. The fraction of sp³-hybridized carbons (Fsp3) is 0.167. The summed E-state index contributed by atoms with van der Waals surface area (Å²) in [5, 5.41) is 21.6. The third kappa shape index (κ3) is 3.23. The van der Waals surface area contributed by atoms with Crippen molar-refractivity contribution in [2.75, 3.05) is 0 Å². The summed E-state index contributed by atoms with van der Waals surface area (Å²) in [5.41, 5.74) is 2.00. The topological polar surface area (TPSA) is 74.3 Å². The van der Waals surface area contributed by atoms with Gasteiger partial charge in [0.25, 0.3) is 0 Å². The number of hydrogen-bond acceptors (Lipinski definition) is 6. The highest BCUT2D eigenvalue weighted by atomic mass is 32.2. The Morgan fingerprint density at radius 1 is 0.885 bits per heavy atom. The Morgan fingerprint density at radius 3 is 2.35 bits per heavy atom. The summed E-state index contributed by atoms with van der Waals surface area (Å²) in [4.78, 5) is 0. The number of nitrogens with zero attached hydrogens (tertiary/aromatic N) is 7. The van der Waals surface area contributed by atoms with Gasteiger partial charge in [0, 0.05) is 12.1 Å². The van der Waals surface area contributed by atoms with Gasteiger partial charge in [-0.15, -0.1) is 15.3 Å². The van der Waals surface area contributed by atoms with Crippen molar-refractivity contribution < 1.29 is 0 Å². The molecule has 0 spiro atoms. The molecule has 26 heavy (non-hydrogen) atoms. The fourth-order valence-electron chi connectivity index (χ4n) is 2.68. The summed E-state index contributed by atoms with van der Waals surface area (Å²) in [5.74, 6) is 2.25. The van der Waals surface area contributed by atoms with Gasteiger partial charge in [-0.05, 0) is 29.5 Å². The summed E-state index contributed by atoms with van der Waals surface area (Å²) in [6.07, 6.45) is 0. The van der Waals surface area contributed by atoms with Crippen molar-refractivity contribution in [3.05, 3.63) is 66.5 Å². The second-order valence-electron chi connectivity index (χ2n) is 5.55. The summed E-state index contributed by atoms with van der Waals surface area (Å²) in [7, 11) is 0. The molecule has 0 fully saturated rings. The van der Waals surface area contributed by atoms with E-state index < -0.39 is 0 Å². The van der Waals surface area contributed by atoms with Crippen LogP contribution < -0.4 is 0 Å². The van der Waals surface area contributed by atoms with Crippen LogP contribution in [-0.4, -0.2) is 35.0 Å². The van der Waals surface area contributed by atoms with E-state index in [1.165, 1.54) is 0 Å². The predicted octanol–water partition coefficient (Wildman–Crippen LogP) is 3.23. The molecule has 0 aliphatic heterocycles. The van der Waals surface area contributed by atoms with Gasteiger partial charge in [-0.3, -0.25) is 0 Å². The highest BCUT2D eigenvalue weighted by Gasteiger charge is 2.15. The first-order chi connectivity index (χ1) is 12.9. The zero-order chi connectivity index (χ0) is 17.8. The van der Waals surface area contributed by atoms with Gasteiger partial charge in [-0.1, -0.05) is 60.3 Å². The Balaban J connectivity index is 1.57. The molecule has 7 nitrogen and oxygen atoms in total. The van der Waals surface area contributed by atoms with E-state index in [4.69, 9.17) is 0 Å². The molecular formula is C18H17N7S. The molecule has 8 heteroatoms. The third-order valence-corrected chi connectivity index (χ3v) is 4.89. The normalized spacial score (nSPS) is 11.0. The van der Waals surface area contributed by atoms with Crippen LogP contribution in [0.25, 0.3) is 17.1 Å². The molecule has 4 aromatic rings. The van der Waals surface area contributed by atoms with Gasteiger partial charge in [0.2, 0.25) is 0 Å². The van der Waals surface area contributed by atoms with Gasteiger partial charge in [0.05, 0.1) is 11.4 Å². The molecule has 0 bridgehead atoms. The van der Waals surface area contributed by atoms with Crippen molar-refractivity contribution in [1.29, 1.82) is 0 Å². The number of tetrazole rings is 1. The molecule has 2 heterocycles. The molecule has 2 aromatic heterocycles. The lowest BCUT2D eigenvalue weighted by atomic mass is 10.2. The van der Waals surface area contributed by atoms with Crippen LogP contribution in [0.2, 0.25) is 0 Å². The van der Waals surface area contributed by atoms with E-state index >= 15 is 0 Å². The number of aromatic nitrogens is 7. The Hall–Kier alpha value is -3.00. The molecule has 0 aliphatic carbocycles. The number of benzene rings is 2. The van der Waals surface area contributed by atoms with E-state index in [9.17, 15) is 0 Å². The molecule has 0 unspecified atom stereocenters. The molecule has 0 saturated carbocycles. The van der Waals surface area contributed by atoms with E-state index in [1.807, 2.05) is 60.7 Å². The van der Waals surface area contributed by atoms with Gasteiger partial charge in [-0.25, -0.2) is 0 Å². The van der Waals surface area contributed by atoms with E-state index in [0.29, 0.717) is 5.75 Å². The number of hydrogen-bond donors (Lipinski definition) is 0. The average molecular weight is 363 g/mol. The minimum atomic E-state index is 0.606. The van der Waals surface area contributed by atoms with E-state index in [-0.39, 0.29) is 0 Å². The minimum Gasteiger partial charge on any atom is -0.302 e. The van der Waals surface area contributed by atoms with Crippen LogP contribution in [0.15, 0.2) is 65.8 Å². The molecule has 0 atom stereocenters. The average Bonchev–Trinajstić information content (AvgIpc) is 3.34. The van der Waals surface area contributed by atoms with Crippen LogP contribution in [0.4, 0.5) is 0 Å². The lowest BCUT2D eigenvalue weighted by Gasteiger charge is -2.07. The zero-order valence-electron chi connectivity index (χ0n) is 14.2. The van der Waals surface area contributed by atoms with Crippen LogP contribution in [0.5, 0.6) is 0 Å². The molecule has 0 N–H and O–H groups in total. The SMILES string of the molecule is CCn1c(SCc2nnnn2-c2ccccc2)nnc1-c1ccccc1. The zero-order valence-corrected chi connectivity index (χ0v) is 15.0. The Labute approximate surface area is 155 Å². The lowest BCUT2D eigenvalue weighted by Crippen LogP contribution is -2.03. The quantitative estimate of drug-likeness (QED) is 0.490. The molecule has 2 aromatic carbocycles. The van der Waals surface area contributed by atoms with Gasteiger partial charge >= 0.3 is 0 Å². The van der Waals surface area contributed by atoms with Crippen molar-refractivity contribution >= 4 is 11.8 Å². The van der Waals surface area contributed by atoms with Crippen LogP contribution >= 0.6 is 11.8 Å². The van der Waals surface area contributed by atoms with Gasteiger partial charge < -0.3 is 4.57 Å². The summed E-state index contributed by atoms with van der Waals surface area (Å²) in [6.45, 7) is 2.89. The van der Waals surface area contributed by atoms with Crippen molar-refractivity contribution in [2.24, 2.45) is 0 Å². The monoisotopic (exact) mass is 363 g/mol. The van der Waals surface area contributed by atoms with Crippen LogP contribution in [0.1, 0.15) is 12.7 Å². The highest BCUT2D eigenvalue weighted by Crippen LogP contribution is 2.26. The highest BCUT2D eigenvalue weighted by molar-refractivity contribution is 7.98. The lowest BCUT2D eigenvalue weighted by molar-refractivity contribution is 0.686. The van der Waals surface area contributed by atoms with Gasteiger partial charge in [0.1, 0.15) is 0 Å².